The second-order valence-corrected chi connectivity index (χ2v) is 5.88. The van der Waals surface area contributed by atoms with Crippen LogP contribution >= 0.6 is 0 Å². The summed E-state index contributed by atoms with van der Waals surface area (Å²) in [5.74, 6) is 0.964. The van der Waals surface area contributed by atoms with Gasteiger partial charge in [0.1, 0.15) is 18.1 Å². The lowest BCUT2D eigenvalue weighted by Crippen LogP contribution is -2.06. The van der Waals surface area contributed by atoms with Gasteiger partial charge in [-0.05, 0) is 31.2 Å². The highest BCUT2D eigenvalue weighted by atomic mass is 16.5. The lowest BCUT2D eigenvalue weighted by Gasteiger charge is -2.04. The van der Waals surface area contributed by atoms with E-state index in [1.165, 1.54) is 6.92 Å². The lowest BCUT2D eigenvalue weighted by molar-refractivity contribution is -0.118. The molecule has 0 unspecified atom stereocenters. The number of carbonyl (C=O) groups is 2. The molecule has 0 amide bonds. The highest BCUT2D eigenvalue weighted by molar-refractivity contribution is 6.15. The van der Waals surface area contributed by atoms with Crippen molar-refractivity contribution in [3.8, 4) is 11.5 Å². The Kier molecular flexibility index (Phi) is 3.61. The second kappa shape index (κ2) is 5.94. The first-order chi connectivity index (χ1) is 12.1. The number of carbonyl (C=O) groups excluding carboxylic acids is 2. The molecule has 2 heterocycles. The number of aromatic nitrogens is 1. The first-order valence-electron chi connectivity index (χ1n) is 7.88. The van der Waals surface area contributed by atoms with Gasteiger partial charge in [-0.3, -0.25) is 9.59 Å². The summed E-state index contributed by atoms with van der Waals surface area (Å²) in [5.41, 5.74) is 2.37. The van der Waals surface area contributed by atoms with Gasteiger partial charge in [0, 0.05) is 28.7 Å². The topological polar surface area (TPSA) is 68.4 Å². The standard InChI is InChI=1S/C20H15NO4/c1-12(22)11-24-14-6-7-16-18(9-14)25-19(20(16)23)8-13-10-21-17-5-3-2-4-15(13)17/h2-10,21H,11H2,1H3. The zero-order chi connectivity index (χ0) is 17.4. The maximum absolute atomic E-state index is 12.5. The molecule has 0 aliphatic carbocycles. The fourth-order valence-corrected chi connectivity index (χ4v) is 2.80. The zero-order valence-electron chi connectivity index (χ0n) is 13.5. The highest BCUT2D eigenvalue weighted by Gasteiger charge is 2.28. The molecule has 5 nitrogen and oxygen atoms in total. The van der Waals surface area contributed by atoms with Crippen molar-refractivity contribution in [2.24, 2.45) is 0 Å². The number of hydrogen-bond donors (Lipinski definition) is 1. The summed E-state index contributed by atoms with van der Waals surface area (Å²) in [5, 5.41) is 1.02. The fraction of sp³-hybridized carbons (Fsp3) is 0.100. The minimum Gasteiger partial charge on any atom is -0.486 e. The maximum Gasteiger partial charge on any atom is 0.231 e. The van der Waals surface area contributed by atoms with Gasteiger partial charge in [0.2, 0.25) is 5.78 Å². The van der Waals surface area contributed by atoms with E-state index in [1.807, 2.05) is 30.5 Å². The van der Waals surface area contributed by atoms with Crippen LogP contribution in [0, 0.1) is 0 Å². The van der Waals surface area contributed by atoms with E-state index in [4.69, 9.17) is 9.47 Å². The van der Waals surface area contributed by atoms with Gasteiger partial charge in [-0.25, -0.2) is 0 Å². The summed E-state index contributed by atoms with van der Waals surface area (Å²) in [7, 11) is 0. The first-order valence-corrected chi connectivity index (χ1v) is 7.88. The number of allylic oxidation sites excluding steroid dienone is 1. The van der Waals surface area contributed by atoms with Gasteiger partial charge in [-0.2, -0.15) is 0 Å². The largest absolute Gasteiger partial charge is 0.486 e. The molecular weight excluding hydrogens is 318 g/mol. The summed E-state index contributed by atoms with van der Waals surface area (Å²) in [6, 6.07) is 12.8. The average Bonchev–Trinajstić information content (AvgIpc) is 3.15. The molecule has 1 aliphatic rings. The van der Waals surface area contributed by atoms with Crippen LogP contribution in [0.1, 0.15) is 22.8 Å². The number of rotatable bonds is 4. The van der Waals surface area contributed by atoms with E-state index in [1.54, 1.807) is 24.3 Å². The van der Waals surface area contributed by atoms with Crippen molar-refractivity contribution in [2.75, 3.05) is 6.61 Å². The predicted molar refractivity (Wildman–Crippen MR) is 93.9 cm³/mol. The van der Waals surface area contributed by atoms with E-state index in [2.05, 4.69) is 4.98 Å². The van der Waals surface area contributed by atoms with Gasteiger partial charge in [-0.15, -0.1) is 0 Å². The minimum atomic E-state index is -0.168. The number of ether oxygens (including phenoxy) is 2. The molecule has 4 rings (SSSR count). The van der Waals surface area contributed by atoms with Crippen molar-refractivity contribution in [3.05, 3.63) is 65.5 Å². The Bertz CT molecular complexity index is 1030. The molecule has 0 fully saturated rings. The normalized spacial score (nSPS) is 14.6. The van der Waals surface area contributed by atoms with Gasteiger partial charge < -0.3 is 14.5 Å². The fourth-order valence-electron chi connectivity index (χ4n) is 2.80. The lowest BCUT2D eigenvalue weighted by atomic mass is 10.1. The number of fused-ring (bicyclic) bond motifs is 2. The quantitative estimate of drug-likeness (QED) is 0.738. The molecule has 2 aromatic carbocycles. The number of nitrogens with one attached hydrogen (secondary N) is 1. The third kappa shape index (κ3) is 2.80. The van der Waals surface area contributed by atoms with Crippen molar-refractivity contribution in [1.29, 1.82) is 0 Å². The Morgan fingerprint density at radius 2 is 2.08 bits per heavy atom. The Morgan fingerprint density at radius 1 is 1.24 bits per heavy atom. The van der Waals surface area contributed by atoms with Gasteiger partial charge in [-0.1, -0.05) is 18.2 Å². The number of ketones is 2. The maximum atomic E-state index is 12.5. The number of H-pyrrole nitrogens is 1. The first kappa shape index (κ1) is 15.2. The molecule has 0 atom stereocenters. The number of para-hydroxylation sites is 1. The van der Waals surface area contributed by atoms with E-state index in [-0.39, 0.29) is 23.9 Å². The van der Waals surface area contributed by atoms with Crippen LogP contribution in [0.3, 0.4) is 0 Å². The smallest absolute Gasteiger partial charge is 0.231 e. The molecule has 124 valence electrons. The van der Waals surface area contributed by atoms with Crippen LogP contribution < -0.4 is 9.47 Å². The minimum absolute atomic E-state index is 0.00916. The van der Waals surface area contributed by atoms with E-state index < -0.39 is 0 Å². The third-order valence-electron chi connectivity index (χ3n) is 3.99. The van der Waals surface area contributed by atoms with Crippen LogP contribution in [-0.2, 0) is 4.79 Å². The second-order valence-electron chi connectivity index (χ2n) is 5.88. The molecule has 25 heavy (non-hydrogen) atoms. The zero-order valence-corrected chi connectivity index (χ0v) is 13.5. The van der Waals surface area contributed by atoms with Crippen molar-refractivity contribution < 1.29 is 19.1 Å². The van der Waals surface area contributed by atoms with Crippen LogP contribution in [0.5, 0.6) is 11.5 Å². The molecule has 0 saturated heterocycles. The van der Waals surface area contributed by atoms with Gasteiger partial charge in [0.05, 0.1) is 5.56 Å². The van der Waals surface area contributed by atoms with Crippen molar-refractivity contribution in [1.82, 2.24) is 4.98 Å². The third-order valence-corrected chi connectivity index (χ3v) is 3.99. The van der Waals surface area contributed by atoms with Crippen LogP contribution in [0.4, 0.5) is 0 Å². The number of benzene rings is 2. The summed E-state index contributed by atoms with van der Waals surface area (Å²) >= 11 is 0. The Hall–Kier alpha value is -3.34. The van der Waals surface area contributed by atoms with Crippen molar-refractivity contribution in [2.45, 2.75) is 6.92 Å². The van der Waals surface area contributed by atoms with Gasteiger partial charge >= 0.3 is 0 Å². The summed E-state index contributed by atoms with van der Waals surface area (Å²) < 4.78 is 11.1. The molecule has 5 heteroatoms. The summed E-state index contributed by atoms with van der Waals surface area (Å²) in [6.07, 6.45) is 3.58. The van der Waals surface area contributed by atoms with Gasteiger partial charge in [0.15, 0.2) is 11.5 Å². The molecular formula is C20H15NO4. The predicted octanol–water partition coefficient (Wildman–Crippen LogP) is 3.75. The number of Topliss-reactive ketones (excluding diaryl/α,β-unsaturated/α-hetero) is 2. The molecule has 0 radical (unpaired) electrons. The number of hydrogen-bond acceptors (Lipinski definition) is 4. The van der Waals surface area contributed by atoms with Crippen molar-refractivity contribution >= 4 is 28.5 Å². The Morgan fingerprint density at radius 3 is 2.92 bits per heavy atom. The van der Waals surface area contributed by atoms with E-state index >= 15 is 0 Å². The molecule has 3 aromatic rings. The summed E-state index contributed by atoms with van der Waals surface area (Å²) in [6.45, 7) is 1.44. The molecule has 1 aliphatic heterocycles. The van der Waals surface area contributed by atoms with Crippen LogP contribution in [0.2, 0.25) is 0 Å². The van der Waals surface area contributed by atoms with Crippen molar-refractivity contribution in [3.63, 3.8) is 0 Å². The molecule has 1 aromatic heterocycles. The molecule has 0 bridgehead atoms. The average molecular weight is 333 g/mol. The van der Waals surface area contributed by atoms with E-state index in [9.17, 15) is 9.59 Å². The highest BCUT2D eigenvalue weighted by Crippen LogP contribution is 2.35. The Labute approximate surface area is 143 Å². The molecule has 0 spiro atoms. The SMILES string of the molecule is CC(=O)COc1ccc2c(c1)OC(=Cc1c[nH]c3ccccc13)C2=O. The van der Waals surface area contributed by atoms with Crippen LogP contribution in [0.25, 0.3) is 17.0 Å². The summed E-state index contributed by atoms with van der Waals surface area (Å²) in [4.78, 5) is 26.7. The Balaban J connectivity index is 1.64. The number of aromatic amines is 1. The molecule has 0 saturated carbocycles. The van der Waals surface area contributed by atoms with Gasteiger partial charge in [0.25, 0.3) is 0 Å². The molecule has 1 N–H and O–H groups in total. The van der Waals surface area contributed by atoms with Crippen LogP contribution in [-0.4, -0.2) is 23.2 Å². The monoisotopic (exact) mass is 333 g/mol. The van der Waals surface area contributed by atoms with E-state index in [0.717, 1.165) is 16.5 Å². The van der Waals surface area contributed by atoms with Crippen LogP contribution in [0.15, 0.2) is 54.4 Å². The van der Waals surface area contributed by atoms with E-state index in [0.29, 0.717) is 17.1 Å².